The Morgan fingerprint density at radius 2 is 1.91 bits per heavy atom. The van der Waals surface area contributed by atoms with Gasteiger partial charge in [-0.25, -0.2) is 4.98 Å². The molecule has 0 aliphatic heterocycles. The zero-order valence-corrected chi connectivity index (χ0v) is 12.0. The van der Waals surface area contributed by atoms with E-state index < -0.39 is 0 Å². The Kier molecular flexibility index (Phi) is 2.39. The van der Waals surface area contributed by atoms with Gasteiger partial charge in [-0.2, -0.15) is 5.10 Å². The summed E-state index contributed by atoms with van der Waals surface area (Å²) in [6.07, 6.45) is 8.19. The summed E-state index contributed by atoms with van der Waals surface area (Å²) < 4.78 is 0. The van der Waals surface area contributed by atoms with Crippen molar-refractivity contribution in [1.29, 1.82) is 0 Å². The maximum absolute atomic E-state index is 4.70. The fourth-order valence-corrected chi connectivity index (χ4v) is 3.22. The number of H-pyrrole nitrogens is 1. The van der Waals surface area contributed by atoms with Crippen molar-refractivity contribution in [3.63, 3.8) is 0 Å². The topological polar surface area (TPSA) is 41.6 Å². The van der Waals surface area contributed by atoms with E-state index in [1.165, 1.54) is 12.0 Å². The van der Waals surface area contributed by atoms with Crippen LogP contribution in [0.4, 0.5) is 0 Å². The third-order valence-electron chi connectivity index (χ3n) is 4.58. The second-order valence-electron chi connectivity index (χ2n) is 6.08. The molecule has 3 heteroatoms. The van der Waals surface area contributed by atoms with Gasteiger partial charge < -0.3 is 0 Å². The van der Waals surface area contributed by atoms with E-state index in [0.717, 1.165) is 39.8 Å². The maximum Gasteiger partial charge on any atom is 0.182 e. The molecule has 5 rings (SSSR count). The van der Waals surface area contributed by atoms with Crippen LogP contribution in [-0.2, 0) is 0 Å². The van der Waals surface area contributed by atoms with Crippen molar-refractivity contribution in [2.45, 2.75) is 6.42 Å². The molecule has 1 saturated carbocycles. The molecule has 2 aliphatic carbocycles. The number of hydrogen-bond donors (Lipinski definition) is 1. The van der Waals surface area contributed by atoms with Crippen LogP contribution in [0.15, 0.2) is 60.7 Å². The van der Waals surface area contributed by atoms with Gasteiger partial charge in [-0.3, -0.25) is 5.10 Å². The molecule has 1 aromatic carbocycles. The van der Waals surface area contributed by atoms with Gasteiger partial charge in [0.2, 0.25) is 0 Å². The molecular formula is C19H15N3. The zero-order chi connectivity index (χ0) is 14.5. The number of hydrogen-bond acceptors (Lipinski definition) is 2. The molecule has 0 radical (unpaired) electrons. The monoisotopic (exact) mass is 285 g/mol. The van der Waals surface area contributed by atoms with Gasteiger partial charge in [0.1, 0.15) is 0 Å². The summed E-state index contributed by atoms with van der Waals surface area (Å²) in [5.41, 5.74) is 5.19. The number of aromatic nitrogens is 3. The molecule has 1 N–H and O–H groups in total. The first-order chi connectivity index (χ1) is 10.9. The van der Waals surface area contributed by atoms with Crippen LogP contribution in [0.3, 0.4) is 0 Å². The van der Waals surface area contributed by atoms with Crippen molar-refractivity contribution in [2.75, 3.05) is 0 Å². The highest BCUT2D eigenvalue weighted by molar-refractivity contribution is 5.92. The predicted molar refractivity (Wildman–Crippen MR) is 88.0 cm³/mol. The average molecular weight is 285 g/mol. The van der Waals surface area contributed by atoms with E-state index in [0.29, 0.717) is 0 Å². The molecule has 2 atom stereocenters. The van der Waals surface area contributed by atoms with Crippen molar-refractivity contribution < 1.29 is 0 Å². The van der Waals surface area contributed by atoms with E-state index in [4.69, 9.17) is 4.98 Å². The molecule has 0 saturated heterocycles. The lowest BCUT2D eigenvalue weighted by Crippen LogP contribution is -1.89. The second-order valence-corrected chi connectivity index (χ2v) is 6.08. The van der Waals surface area contributed by atoms with Gasteiger partial charge in [-0.1, -0.05) is 48.6 Å². The van der Waals surface area contributed by atoms with Crippen LogP contribution in [-0.4, -0.2) is 15.2 Å². The Morgan fingerprint density at radius 3 is 2.77 bits per heavy atom. The first kappa shape index (κ1) is 11.9. The van der Waals surface area contributed by atoms with E-state index >= 15 is 0 Å². The number of fused-ring (bicyclic) bond motifs is 2. The van der Waals surface area contributed by atoms with Crippen molar-refractivity contribution in [3.8, 4) is 11.3 Å². The highest BCUT2D eigenvalue weighted by atomic mass is 15.1. The summed E-state index contributed by atoms with van der Waals surface area (Å²) >= 11 is 0. The number of aromatic amines is 1. The molecule has 3 aromatic rings. The van der Waals surface area contributed by atoms with Crippen LogP contribution < -0.4 is 0 Å². The first-order valence-corrected chi connectivity index (χ1v) is 7.69. The number of benzene rings is 1. The number of allylic oxidation sites excluding steroid dienone is 4. The zero-order valence-electron chi connectivity index (χ0n) is 12.0. The minimum Gasteiger partial charge on any atom is -0.275 e. The Balaban J connectivity index is 1.60. The molecule has 0 bridgehead atoms. The van der Waals surface area contributed by atoms with Gasteiger partial charge in [0.05, 0.1) is 11.4 Å². The number of pyridine rings is 1. The molecule has 2 unspecified atom stereocenters. The summed E-state index contributed by atoms with van der Waals surface area (Å²) in [5, 5.41) is 8.67. The maximum atomic E-state index is 4.70. The molecule has 0 spiro atoms. The van der Waals surface area contributed by atoms with Crippen molar-refractivity contribution in [3.05, 3.63) is 66.4 Å². The summed E-state index contributed by atoms with van der Waals surface area (Å²) in [7, 11) is 0. The Hall–Kier alpha value is -2.68. The van der Waals surface area contributed by atoms with E-state index in [9.17, 15) is 0 Å². The quantitative estimate of drug-likeness (QED) is 0.766. The van der Waals surface area contributed by atoms with Crippen LogP contribution >= 0.6 is 0 Å². The van der Waals surface area contributed by atoms with E-state index in [1.54, 1.807) is 0 Å². The molecule has 2 aliphatic rings. The van der Waals surface area contributed by atoms with Gasteiger partial charge in [0.25, 0.3) is 0 Å². The average Bonchev–Trinajstić information content (AvgIpc) is 3.24. The van der Waals surface area contributed by atoms with Gasteiger partial charge in [-0.05, 0) is 36.0 Å². The molecule has 22 heavy (non-hydrogen) atoms. The molecule has 106 valence electrons. The van der Waals surface area contributed by atoms with E-state index in [-0.39, 0.29) is 0 Å². The lowest BCUT2D eigenvalue weighted by Gasteiger charge is -2.05. The van der Waals surface area contributed by atoms with Gasteiger partial charge in [0, 0.05) is 10.9 Å². The van der Waals surface area contributed by atoms with Crippen molar-refractivity contribution >= 4 is 16.6 Å². The first-order valence-electron chi connectivity index (χ1n) is 7.69. The van der Waals surface area contributed by atoms with E-state index in [1.807, 2.05) is 18.2 Å². The van der Waals surface area contributed by atoms with Gasteiger partial charge >= 0.3 is 0 Å². The van der Waals surface area contributed by atoms with Crippen LogP contribution in [0.1, 0.15) is 12.1 Å². The third kappa shape index (κ3) is 1.82. The fourth-order valence-electron chi connectivity index (χ4n) is 3.22. The minimum atomic E-state index is 0.731. The summed E-state index contributed by atoms with van der Waals surface area (Å²) in [6.45, 7) is 0. The van der Waals surface area contributed by atoms with Crippen LogP contribution in [0, 0.1) is 11.8 Å². The van der Waals surface area contributed by atoms with Crippen LogP contribution in [0.5, 0.6) is 0 Å². The van der Waals surface area contributed by atoms with Crippen LogP contribution in [0.25, 0.3) is 27.9 Å². The fraction of sp³-hybridized carbons (Fsp3) is 0.158. The SMILES string of the molecule is C1=CC2CC2C=C1c1[nH]nc2nc(-c3ccccc3)ccc12. The third-order valence-corrected chi connectivity index (χ3v) is 4.58. The smallest absolute Gasteiger partial charge is 0.182 e. The molecule has 0 amide bonds. The Labute approximate surface area is 128 Å². The Morgan fingerprint density at radius 1 is 1.00 bits per heavy atom. The van der Waals surface area contributed by atoms with Crippen LogP contribution in [0.2, 0.25) is 0 Å². The largest absolute Gasteiger partial charge is 0.275 e. The highest BCUT2D eigenvalue weighted by Gasteiger charge is 2.35. The molecule has 2 aromatic heterocycles. The summed E-state index contributed by atoms with van der Waals surface area (Å²) in [4.78, 5) is 4.70. The molecule has 3 nitrogen and oxygen atoms in total. The molecule has 2 heterocycles. The highest BCUT2D eigenvalue weighted by Crippen LogP contribution is 2.46. The molecular weight excluding hydrogens is 270 g/mol. The Bertz CT molecular complexity index is 918. The van der Waals surface area contributed by atoms with Crippen molar-refractivity contribution in [1.82, 2.24) is 15.2 Å². The van der Waals surface area contributed by atoms with Crippen molar-refractivity contribution in [2.24, 2.45) is 11.8 Å². The number of nitrogens with one attached hydrogen (secondary N) is 1. The standard InChI is InChI=1S/C19H15N3/c1-2-4-12(5-3-1)17-9-8-16-18(21-22-19(16)20-17)14-7-6-13-10-15(13)11-14/h1-9,11,13,15H,10H2,(H,20,21,22). The van der Waals surface area contributed by atoms with E-state index in [2.05, 4.69) is 52.7 Å². The number of rotatable bonds is 2. The molecule has 1 fully saturated rings. The van der Waals surface area contributed by atoms with Gasteiger partial charge in [-0.15, -0.1) is 0 Å². The lowest BCUT2D eigenvalue weighted by molar-refractivity contribution is 0.980. The normalized spacial score (nSPS) is 22.5. The number of nitrogens with zero attached hydrogens (tertiary/aromatic N) is 2. The second kappa shape index (κ2) is 4.41. The minimum absolute atomic E-state index is 0.731. The lowest BCUT2D eigenvalue weighted by atomic mass is 10.0. The summed E-state index contributed by atoms with van der Waals surface area (Å²) in [6, 6.07) is 14.4. The predicted octanol–water partition coefficient (Wildman–Crippen LogP) is 4.21. The van der Waals surface area contributed by atoms with Gasteiger partial charge in [0.15, 0.2) is 5.65 Å². The summed E-state index contributed by atoms with van der Waals surface area (Å²) in [5.74, 6) is 1.51.